The van der Waals surface area contributed by atoms with E-state index in [9.17, 15) is 4.39 Å². The standard InChI is InChI=1S/C15H13BrCl2FNO/c1-20-15(9-5-8(17)3-4-12(9)18)10-6-11(16)13(19)7-14(10)21-2/h3-7,15,20H,1-2H3. The van der Waals surface area contributed by atoms with Crippen molar-refractivity contribution in [2.24, 2.45) is 0 Å². The molecular weight excluding hydrogens is 380 g/mol. The van der Waals surface area contributed by atoms with Crippen molar-refractivity contribution in [1.82, 2.24) is 5.32 Å². The van der Waals surface area contributed by atoms with Gasteiger partial charge in [0.15, 0.2) is 0 Å². The van der Waals surface area contributed by atoms with Gasteiger partial charge < -0.3 is 10.1 Å². The Kier molecular flexibility index (Phi) is 5.49. The van der Waals surface area contributed by atoms with Crippen LogP contribution in [-0.4, -0.2) is 14.2 Å². The third-order valence-electron chi connectivity index (χ3n) is 3.14. The van der Waals surface area contributed by atoms with Crippen molar-refractivity contribution in [2.75, 3.05) is 14.2 Å². The summed E-state index contributed by atoms with van der Waals surface area (Å²) in [5.41, 5.74) is 1.56. The molecule has 21 heavy (non-hydrogen) atoms. The maximum absolute atomic E-state index is 13.7. The lowest BCUT2D eigenvalue weighted by Crippen LogP contribution is -2.19. The molecule has 2 aromatic carbocycles. The summed E-state index contributed by atoms with van der Waals surface area (Å²) in [6, 6.07) is 7.96. The summed E-state index contributed by atoms with van der Waals surface area (Å²) < 4.78 is 19.3. The van der Waals surface area contributed by atoms with Crippen LogP contribution in [0, 0.1) is 5.82 Å². The second-order valence-electron chi connectivity index (χ2n) is 4.40. The highest BCUT2D eigenvalue weighted by Crippen LogP contribution is 2.37. The van der Waals surface area contributed by atoms with Gasteiger partial charge in [-0.05, 0) is 52.8 Å². The first-order chi connectivity index (χ1) is 9.97. The summed E-state index contributed by atoms with van der Waals surface area (Å²) in [4.78, 5) is 0. The third-order valence-corrected chi connectivity index (χ3v) is 4.33. The van der Waals surface area contributed by atoms with Gasteiger partial charge in [-0.2, -0.15) is 0 Å². The second kappa shape index (κ2) is 6.97. The Morgan fingerprint density at radius 1 is 1.19 bits per heavy atom. The average Bonchev–Trinajstić information content (AvgIpc) is 2.46. The molecule has 0 saturated heterocycles. The van der Waals surface area contributed by atoms with Crippen LogP contribution in [0.15, 0.2) is 34.8 Å². The highest BCUT2D eigenvalue weighted by molar-refractivity contribution is 9.10. The van der Waals surface area contributed by atoms with Crippen LogP contribution in [-0.2, 0) is 0 Å². The summed E-state index contributed by atoms with van der Waals surface area (Å²) in [6.45, 7) is 0. The summed E-state index contributed by atoms with van der Waals surface area (Å²) in [6.07, 6.45) is 0. The lowest BCUT2D eigenvalue weighted by atomic mass is 9.97. The number of rotatable bonds is 4. The van der Waals surface area contributed by atoms with E-state index in [1.807, 2.05) is 0 Å². The third kappa shape index (κ3) is 3.51. The van der Waals surface area contributed by atoms with Crippen LogP contribution in [0.2, 0.25) is 10.0 Å². The molecule has 0 spiro atoms. The number of hydrogen-bond acceptors (Lipinski definition) is 2. The molecule has 1 atom stereocenters. The lowest BCUT2D eigenvalue weighted by Gasteiger charge is -2.21. The fourth-order valence-electron chi connectivity index (χ4n) is 2.16. The predicted octanol–water partition coefficient (Wildman–Crippen LogP) is 5.21. The lowest BCUT2D eigenvalue weighted by molar-refractivity contribution is 0.401. The van der Waals surface area contributed by atoms with Crippen LogP contribution in [0.25, 0.3) is 0 Å². The Morgan fingerprint density at radius 2 is 1.90 bits per heavy atom. The molecule has 0 radical (unpaired) electrons. The molecule has 2 aromatic rings. The van der Waals surface area contributed by atoms with Gasteiger partial charge in [-0.1, -0.05) is 23.2 Å². The molecule has 2 nitrogen and oxygen atoms in total. The molecule has 0 aliphatic carbocycles. The smallest absolute Gasteiger partial charge is 0.141 e. The van der Waals surface area contributed by atoms with E-state index < -0.39 is 0 Å². The number of methoxy groups -OCH3 is 1. The number of ether oxygens (including phenoxy) is 1. The summed E-state index contributed by atoms with van der Waals surface area (Å²) >= 11 is 15.5. The zero-order valence-corrected chi connectivity index (χ0v) is 14.5. The zero-order chi connectivity index (χ0) is 15.6. The topological polar surface area (TPSA) is 21.3 Å². The molecule has 0 aliphatic rings. The SMILES string of the molecule is CNC(c1cc(Cl)ccc1Cl)c1cc(Br)c(F)cc1OC. The Balaban J connectivity index is 2.61. The predicted molar refractivity (Wildman–Crippen MR) is 88.0 cm³/mol. The zero-order valence-electron chi connectivity index (χ0n) is 11.4. The van der Waals surface area contributed by atoms with Crippen molar-refractivity contribution in [3.63, 3.8) is 0 Å². The van der Waals surface area contributed by atoms with Crippen LogP contribution >= 0.6 is 39.1 Å². The van der Waals surface area contributed by atoms with E-state index >= 15 is 0 Å². The highest BCUT2D eigenvalue weighted by Gasteiger charge is 2.21. The van der Waals surface area contributed by atoms with Gasteiger partial charge in [0.1, 0.15) is 11.6 Å². The van der Waals surface area contributed by atoms with Crippen molar-refractivity contribution in [1.29, 1.82) is 0 Å². The van der Waals surface area contributed by atoms with Gasteiger partial charge >= 0.3 is 0 Å². The molecule has 0 aliphatic heterocycles. The Morgan fingerprint density at radius 3 is 2.52 bits per heavy atom. The van der Waals surface area contributed by atoms with Crippen molar-refractivity contribution < 1.29 is 9.13 Å². The summed E-state index contributed by atoms with van der Waals surface area (Å²) in [5.74, 6) is 0.0498. The van der Waals surface area contributed by atoms with E-state index in [0.717, 1.165) is 11.1 Å². The molecule has 2 rings (SSSR count). The molecule has 0 saturated carbocycles. The monoisotopic (exact) mass is 391 g/mol. The van der Waals surface area contributed by atoms with Gasteiger partial charge in [-0.25, -0.2) is 4.39 Å². The molecule has 0 bridgehead atoms. The molecule has 0 aromatic heterocycles. The number of nitrogens with one attached hydrogen (secondary N) is 1. The van der Waals surface area contributed by atoms with E-state index in [-0.39, 0.29) is 11.9 Å². The first-order valence-electron chi connectivity index (χ1n) is 6.13. The fourth-order valence-corrected chi connectivity index (χ4v) is 2.93. The van der Waals surface area contributed by atoms with Crippen LogP contribution in [0.4, 0.5) is 4.39 Å². The highest BCUT2D eigenvalue weighted by atomic mass is 79.9. The summed E-state index contributed by atoms with van der Waals surface area (Å²) in [7, 11) is 3.29. The minimum absolute atomic E-state index is 0.275. The second-order valence-corrected chi connectivity index (χ2v) is 6.09. The molecule has 112 valence electrons. The molecular formula is C15H13BrCl2FNO. The molecule has 1 unspecified atom stereocenters. The largest absolute Gasteiger partial charge is 0.496 e. The molecule has 6 heteroatoms. The van der Waals surface area contributed by atoms with Gasteiger partial charge in [0.05, 0.1) is 17.6 Å². The minimum Gasteiger partial charge on any atom is -0.496 e. The summed E-state index contributed by atoms with van der Waals surface area (Å²) in [5, 5.41) is 4.31. The van der Waals surface area contributed by atoms with Crippen LogP contribution in [0.1, 0.15) is 17.2 Å². The van der Waals surface area contributed by atoms with Gasteiger partial charge in [0.2, 0.25) is 0 Å². The first kappa shape index (κ1) is 16.6. The normalized spacial score (nSPS) is 12.3. The quantitative estimate of drug-likeness (QED) is 0.770. The Labute approximate surface area is 141 Å². The van der Waals surface area contributed by atoms with Crippen LogP contribution in [0.3, 0.4) is 0 Å². The van der Waals surface area contributed by atoms with E-state index in [4.69, 9.17) is 27.9 Å². The minimum atomic E-state index is -0.386. The van der Waals surface area contributed by atoms with E-state index in [1.54, 1.807) is 31.3 Å². The number of halogens is 4. The average molecular weight is 393 g/mol. The van der Waals surface area contributed by atoms with Gasteiger partial charge in [0, 0.05) is 21.7 Å². The fraction of sp³-hybridized carbons (Fsp3) is 0.200. The molecule has 0 amide bonds. The van der Waals surface area contributed by atoms with E-state index in [1.165, 1.54) is 13.2 Å². The van der Waals surface area contributed by atoms with Gasteiger partial charge in [-0.3, -0.25) is 0 Å². The van der Waals surface area contributed by atoms with Crippen molar-refractivity contribution >= 4 is 39.1 Å². The maximum Gasteiger partial charge on any atom is 0.141 e. The van der Waals surface area contributed by atoms with E-state index in [2.05, 4.69) is 21.2 Å². The van der Waals surface area contributed by atoms with E-state index in [0.29, 0.717) is 20.3 Å². The van der Waals surface area contributed by atoms with Crippen LogP contribution < -0.4 is 10.1 Å². The Bertz CT molecular complexity index is 666. The van der Waals surface area contributed by atoms with Gasteiger partial charge in [-0.15, -0.1) is 0 Å². The number of hydrogen-bond donors (Lipinski definition) is 1. The van der Waals surface area contributed by atoms with Crippen molar-refractivity contribution in [3.8, 4) is 5.75 Å². The molecule has 0 heterocycles. The number of benzene rings is 2. The molecule has 0 fully saturated rings. The maximum atomic E-state index is 13.7. The molecule has 1 N–H and O–H groups in total. The Hall–Kier alpha value is -0.810. The van der Waals surface area contributed by atoms with Crippen molar-refractivity contribution in [3.05, 3.63) is 61.8 Å². The first-order valence-corrected chi connectivity index (χ1v) is 7.68. The van der Waals surface area contributed by atoms with Crippen molar-refractivity contribution in [2.45, 2.75) is 6.04 Å². The van der Waals surface area contributed by atoms with Crippen LogP contribution in [0.5, 0.6) is 5.75 Å². The van der Waals surface area contributed by atoms with Gasteiger partial charge in [0.25, 0.3) is 0 Å².